The van der Waals surface area contributed by atoms with E-state index in [0.29, 0.717) is 6.67 Å². The Morgan fingerprint density at radius 3 is 1.50 bits per heavy atom. The molecule has 0 unspecified atom stereocenters. The average molecular weight is 947 g/mol. The molecule has 0 saturated carbocycles. The Morgan fingerprint density at radius 1 is 0.403 bits per heavy atom. The number of para-hydroxylation sites is 1. The summed E-state index contributed by atoms with van der Waals surface area (Å²) in [6.07, 6.45) is 4.33. The Kier molecular flexibility index (Phi) is 12.1. The van der Waals surface area contributed by atoms with E-state index >= 15 is 0 Å². The number of rotatable bonds is 11. The number of pyridine rings is 1. The van der Waals surface area contributed by atoms with Crippen LogP contribution in [0.5, 0.6) is 11.5 Å². The van der Waals surface area contributed by atoms with Crippen molar-refractivity contribution in [3.8, 4) is 17.3 Å². The third-order valence-corrected chi connectivity index (χ3v) is 15.5. The van der Waals surface area contributed by atoms with Gasteiger partial charge in [-0.15, -0.1) is 0 Å². The maximum absolute atomic E-state index is 7.07. The summed E-state index contributed by atoms with van der Waals surface area (Å²) in [7, 11) is 0. The van der Waals surface area contributed by atoms with Crippen molar-refractivity contribution in [1.29, 1.82) is 0 Å². The number of benzene rings is 7. The van der Waals surface area contributed by atoms with Crippen molar-refractivity contribution < 1.29 is 4.74 Å². The maximum Gasteiger partial charge on any atom is 0.137 e. The van der Waals surface area contributed by atoms with Crippen LogP contribution in [0.2, 0.25) is 0 Å². The molecule has 0 fully saturated rings. The smallest absolute Gasteiger partial charge is 0.137 e. The van der Waals surface area contributed by atoms with Gasteiger partial charge in [0.15, 0.2) is 0 Å². The standard InChI is InChI=1S/C67H70N4O/c1-63(2,3)50-37-54(70-45-69(44-61(70)64(4,5)6)53-38-51(66(9,10)47-26-18-14-19-27-47)36-52(39-53)67(11,12)48-28-20-15-21-29-48)42-56(40-50)72-55-32-33-58-57-30-22-23-31-59(57)71(60(58)43-55)62-41-49(34-35-68-62)65(7,8)46-24-16-13-17-25-46/h13-44H,45H2,1-12H3. The summed E-state index contributed by atoms with van der Waals surface area (Å²) in [6, 6.07) is 66.2. The molecule has 1 aliphatic rings. The van der Waals surface area contributed by atoms with Crippen LogP contribution in [0.15, 0.2) is 200 Å². The highest BCUT2D eigenvalue weighted by Crippen LogP contribution is 2.45. The van der Waals surface area contributed by atoms with Crippen LogP contribution < -0.4 is 14.5 Å². The third-order valence-electron chi connectivity index (χ3n) is 15.5. The van der Waals surface area contributed by atoms with E-state index in [0.717, 1.165) is 39.4 Å². The van der Waals surface area contributed by atoms with E-state index < -0.39 is 0 Å². The molecule has 3 heterocycles. The SMILES string of the molecule is CC(C)(C)C1=CN(c2cc(C(C)(C)c3ccccc3)cc(C(C)(C)c3ccccc3)c2)CN1c1cc(Oc2ccc3c4ccccc4n(-c4cc(C(C)(C)c5ccccc5)ccn4)c3c2)cc(C(C)(C)C)c1. The number of fused-ring (bicyclic) bond motifs is 3. The largest absolute Gasteiger partial charge is 0.457 e. The number of hydrogen-bond acceptors (Lipinski definition) is 4. The Hall–Kier alpha value is -7.37. The molecule has 0 bridgehead atoms. The van der Waals surface area contributed by atoms with Gasteiger partial charge in [0.2, 0.25) is 0 Å². The minimum atomic E-state index is -0.237. The molecule has 0 amide bonds. The van der Waals surface area contributed by atoms with Gasteiger partial charge in [-0.2, -0.15) is 0 Å². The fraction of sp³-hybridized carbons (Fsp3) is 0.269. The summed E-state index contributed by atoms with van der Waals surface area (Å²) in [5.74, 6) is 2.45. The van der Waals surface area contributed by atoms with Crippen LogP contribution in [0.1, 0.15) is 122 Å². The normalized spacial score (nSPS) is 13.8. The predicted octanol–water partition coefficient (Wildman–Crippen LogP) is 17.4. The molecule has 1 aliphatic heterocycles. The number of aromatic nitrogens is 2. The van der Waals surface area contributed by atoms with Gasteiger partial charge in [-0.05, 0) is 99.0 Å². The van der Waals surface area contributed by atoms with Crippen molar-refractivity contribution in [1.82, 2.24) is 9.55 Å². The van der Waals surface area contributed by atoms with Gasteiger partial charge in [-0.25, -0.2) is 4.98 Å². The minimum Gasteiger partial charge on any atom is -0.457 e. The lowest BCUT2D eigenvalue weighted by atomic mass is 9.73. The molecule has 9 aromatic rings. The van der Waals surface area contributed by atoms with Crippen LogP contribution in [0.25, 0.3) is 27.6 Å². The molecule has 0 atom stereocenters. The maximum atomic E-state index is 7.07. The first-order valence-corrected chi connectivity index (χ1v) is 25.6. The zero-order valence-electron chi connectivity index (χ0n) is 44.4. The number of anilines is 2. The molecule has 0 spiro atoms. The van der Waals surface area contributed by atoms with Crippen molar-refractivity contribution in [3.63, 3.8) is 0 Å². The highest BCUT2D eigenvalue weighted by molar-refractivity contribution is 6.09. The topological polar surface area (TPSA) is 33.5 Å². The molecule has 0 radical (unpaired) electrons. The molecule has 2 aromatic heterocycles. The molecule has 0 saturated heterocycles. The predicted molar refractivity (Wildman–Crippen MR) is 303 cm³/mol. The molecule has 10 rings (SSSR count). The second kappa shape index (κ2) is 18.0. The lowest BCUT2D eigenvalue weighted by Gasteiger charge is -2.34. The second-order valence-electron chi connectivity index (χ2n) is 23.5. The Morgan fingerprint density at radius 2 is 0.931 bits per heavy atom. The van der Waals surface area contributed by atoms with E-state index in [1.165, 1.54) is 55.7 Å². The zero-order valence-corrected chi connectivity index (χ0v) is 44.4. The van der Waals surface area contributed by atoms with Gasteiger partial charge in [-0.3, -0.25) is 4.57 Å². The van der Waals surface area contributed by atoms with Gasteiger partial charge in [0, 0.05) is 74.0 Å². The third kappa shape index (κ3) is 8.99. The second-order valence-corrected chi connectivity index (χ2v) is 23.5. The lowest BCUT2D eigenvalue weighted by Crippen LogP contribution is -2.31. The summed E-state index contributed by atoms with van der Waals surface area (Å²) in [5.41, 5.74) is 13.5. The van der Waals surface area contributed by atoms with Crippen LogP contribution in [0, 0.1) is 5.41 Å². The van der Waals surface area contributed by atoms with E-state index in [2.05, 4.69) is 286 Å². The Bertz CT molecular complexity index is 3390. The molecular formula is C67H70N4O. The highest BCUT2D eigenvalue weighted by Gasteiger charge is 2.35. The molecule has 5 nitrogen and oxygen atoms in total. The van der Waals surface area contributed by atoms with Crippen molar-refractivity contribution in [3.05, 3.63) is 239 Å². The summed E-state index contributed by atoms with van der Waals surface area (Å²) in [6.45, 7) is 28.5. The van der Waals surface area contributed by atoms with Crippen molar-refractivity contribution >= 4 is 33.2 Å². The van der Waals surface area contributed by atoms with Crippen LogP contribution in [0.3, 0.4) is 0 Å². The van der Waals surface area contributed by atoms with Gasteiger partial charge in [0.05, 0.1) is 17.7 Å². The number of hydrogen-bond donors (Lipinski definition) is 0. The van der Waals surface area contributed by atoms with Gasteiger partial charge >= 0.3 is 0 Å². The molecule has 5 heteroatoms. The summed E-state index contributed by atoms with van der Waals surface area (Å²) in [4.78, 5) is 9.97. The van der Waals surface area contributed by atoms with Gasteiger partial charge in [-0.1, -0.05) is 198 Å². The van der Waals surface area contributed by atoms with Crippen LogP contribution in [-0.2, 0) is 21.7 Å². The summed E-state index contributed by atoms with van der Waals surface area (Å²) in [5, 5.41) is 2.33. The molecule has 364 valence electrons. The first-order valence-electron chi connectivity index (χ1n) is 25.6. The number of ether oxygens (including phenoxy) is 1. The quantitative estimate of drug-likeness (QED) is 0.129. The number of allylic oxidation sites excluding steroid dienone is 1. The monoisotopic (exact) mass is 947 g/mol. The van der Waals surface area contributed by atoms with E-state index in [4.69, 9.17) is 9.72 Å². The van der Waals surface area contributed by atoms with Crippen LogP contribution >= 0.6 is 0 Å². The van der Waals surface area contributed by atoms with Gasteiger partial charge in [0.1, 0.15) is 17.3 Å². The van der Waals surface area contributed by atoms with E-state index in [1.807, 2.05) is 6.20 Å². The van der Waals surface area contributed by atoms with Crippen LogP contribution in [0.4, 0.5) is 11.4 Å². The molecular weight excluding hydrogens is 877 g/mol. The van der Waals surface area contributed by atoms with E-state index in [9.17, 15) is 0 Å². The van der Waals surface area contributed by atoms with Crippen molar-refractivity contribution in [2.24, 2.45) is 5.41 Å². The van der Waals surface area contributed by atoms with E-state index in [1.54, 1.807) is 0 Å². The minimum absolute atomic E-state index is 0.144. The average Bonchev–Trinajstić information content (AvgIpc) is 3.98. The molecule has 0 aliphatic carbocycles. The zero-order chi connectivity index (χ0) is 50.8. The highest BCUT2D eigenvalue weighted by atomic mass is 16.5. The van der Waals surface area contributed by atoms with Crippen molar-refractivity contribution in [2.45, 2.75) is 105 Å². The first kappa shape index (κ1) is 48.3. The summed E-state index contributed by atoms with van der Waals surface area (Å²) >= 11 is 0. The summed E-state index contributed by atoms with van der Waals surface area (Å²) < 4.78 is 9.37. The fourth-order valence-electron chi connectivity index (χ4n) is 10.6. The molecule has 7 aromatic carbocycles. The van der Waals surface area contributed by atoms with Gasteiger partial charge < -0.3 is 14.5 Å². The number of nitrogens with zero attached hydrogens (tertiary/aromatic N) is 4. The molecule has 72 heavy (non-hydrogen) atoms. The first-order chi connectivity index (χ1) is 34.2. The Balaban J connectivity index is 1.05. The Labute approximate surface area is 428 Å². The van der Waals surface area contributed by atoms with Gasteiger partial charge in [0.25, 0.3) is 0 Å². The van der Waals surface area contributed by atoms with E-state index in [-0.39, 0.29) is 27.1 Å². The van der Waals surface area contributed by atoms with Crippen molar-refractivity contribution in [2.75, 3.05) is 16.5 Å². The molecule has 0 N–H and O–H groups in total. The lowest BCUT2D eigenvalue weighted by molar-refractivity contribution is 0.477. The van der Waals surface area contributed by atoms with Crippen LogP contribution in [-0.4, -0.2) is 16.2 Å². The fourth-order valence-corrected chi connectivity index (χ4v) is 10.6.